The Kier molecular flexibility index (Phi) is 4.14. The molecule has 0 fully saturated rings. The summed E-state index contributed by atoms with van der Waals surface area (Å²) in [5, 5.41) is 0. The largest absolute Gasteiger partial charge is 0.307 e. The Morgan fingerprint density at radius 2 is 2.11 bits per heavy atom. The second-order valence-electron chi connectivity index (χ2n) is 4.81. The third-order valence-electron chi connectivity index (χ3n) is 2.61. The van der Waals surface area contributed by atoms with Gasteiger partial charge >= 0.3 is 0 Å². The molecular formula is C14H14BrFN2O. The van der Waals surface area contributed by atoms with Crippen LogP contribution in [-0.4, -0.2) is 9.97 Å². The third-order valence-corrected chi connectivity index (χ3v) is 3.25. The van der Waals surface area contributed by atoms with E-state index in [1.807, 2.05) is 0 Å². The smallest absolute Gasteiger partial charge is 0.251 e. The van der Waals surface area contributed by atoms with E-state index in [4.69, 9.17) is 0 Å². The molecule has 0 bridgehead atoms. The van der Waals surface area contributed by atoms with Gasteiger partial charge < -0.3 is 4.98 Å². The van der Waals surface area contributed by atoms with Gasteiger partial charge in [0.1, 0.15) is 11.6 Å². The number of aromatic amines is 1. The first-order valence-corrected chi connectivity index (χ1v) is 6.80. The lowest BCUT2D eigenvalue weighted by Gasteiger charge is -2.07. The van der Waals surface area contributed by atoms with Crippen LogP contribution in [0.1, 0.15) is 19.5 Å². The van der Waals surface area contributed by atoms with Crippen molar-refractivity contribution in [2.75, 3.05) is 0 Å². The third kappa shape index (κ3) is 3.50. The molecule has 0 saturated carbocycles. The summed E-state index contributed by atoms with van der Waals surface area (Å²) in [4.78, 5) is 18.6. The van der Waals surface area contributed by atoms with Crippen molar-refractivity contribution in [1.82, 2.24) is 9.97 Å². The number of rotatable bonds is 3. The van der Waals surface area contributed by atoms with Crippen molar-refractivity contribution in [3.8, 4) is 11.4 Å². The van der Waals surface area contributed by atoms with Crippen molar-refractivity contribution < 1.29 is 4.39 Å². The first kappa shape index (κ1) is 13.9. The quantitative estimate of drug-likeness (QED) is 0.938. The number of aromatic nitrogens is 2. The maximum absolute atomic E-state index is 13.5. The zero-order valence-corrected chi connectivity index (χ0v) is 12.3. The maximum atomic E-state index is 13.5. The number of hydrogen-bond donors (Lipinski definition) is 1. The highest BCUT2D eigenvalue weighted by Crippen LogP contribution is 2.21. The number of halogens is 2. The number of benzene rings is 1. The molecule has 1 aromatic carbocycles. The Balaban J connectivity index is 2.46. The summed E-state index contributed by atoms with van der Waals surface area (Å²) in [5.74, 6) is 0.424. The van der Waals surface area contributed by atoms with Crippen LogP contribution in [-0.2, 0) is 6.42 Å². The Hall–Kier alpha value is -1.49. The molecule has 0 atom stereocenters. The van der Waals surface area contributed by atoms with Crippen molar-refractivity contribution >= 4 is 15.9 Å². The summed E-state index contributed by atoms with van der Waals surface area (Å²) in [5.41, 5.74) is 1.06. The second kappa shape index (κ2) is 5.65. The van der Waals surface area contributed by atoms with Gasteiger partial charge in [0.2, 0.25) is 0 Å². The van der Waals surface area contributed by atoms with Gasteiger partial charge in [0.15, 0.2) is 0 Å². The van der Waals surface area contributed by atoms with E-state index >= 15 is 0 Å². The lowest BCUT2D eigenvalue weighted by atomic mass is 10.1. The van der Waals surface area contributed by atoms with Crippen LogP contribution in [0, 0.1) is 11.7 Å². The molecule has 0 aliphatic rings. The van der Waals surface area contributed by atoms with Crippen LogP contribution < -0.4 is 5.56 Å². The molecule has 2 rings (SSSR count). The standard InChI is InChI=1S/C14H14BrFN2O/c1-8(2)5-10-7-13(19)18-14(17-10)9-3-4-11(15)12(16)6-9/h3-4,6-8H,5H2,1-2H3,(H,17,18,19). The normalized spacial score (nSPS) is 11.0. The van der Waals surface area contributed by atoms with Gasteiger partial charge in [-0.3, -0.25) is 4.79 Å². The molecule has 100 valence electrons. The van der Waals surface area contributed by atoms with E-state index in [2.05, 4.69) is 39.7 Å². The van der Waals surface area contributed by atoms with Crippen LogP contribution in [0.5, 0.6) is 0 Å². The summed E-state index contributed by atoms with van der Waals surface area (Å²) in [7, 11) is 0. The minimum atomic E-state index is -0.380. The summed E-state index contributed by atoms with van der Waals surface area (Å²) >= 11 is 3.10. The number of H-pyrrole nitrogens is 1. The molecular weight excluding hydrogens is 311 g/mol. The van der Waals surface area contributed by atoms with Gasteiger partial charge in [0, 0.05) is 17.3 Å². The molecule has 1 heterocycles. The van der Waals surface area contributed by atoms with E-state index < -0.39 is 0 Å². The van der Waals surface area contributed by atoms with Crippen LogP contribution in [0.3, 0.4) is 0 Å². The van der Waals surface area contributed by atoms with Crippen LogP contribution in [0.2, 0.25) is 0 Å². The first-order chi connectivity index (χ1) is 8.95. The average Bonchev–Trinajstić information content (AvgIpc) is 2.31. The molecule has 0 aliphatic carbocycles. The zero-order chi connectivity index (χ0) is 14.0. The molecule has 1 N–H and O–H groups in total. The summed E-state index contributed by atoms with van der Waals surface area (Å²) in [6.07, 6.45) is 0.718. The van der Waals surface area contributed by atoms with Gasteiger partial charge in [0.05, 0.1) is 4.47 Å². The SMILES string of the molecule is CC(C)Cc1cc(=O)[nH]c(-c2ccc(Br)c(F)c2)n1. The molecule has 5 heteroatoms. The van der Waals surface area contributed by atoms with E-state index in [1.165, 1.54) is 12.1 Å². The Morgan fingerprint density at radius 3 is 2.74 bits per heavy atom. The first-order valence-electron chi connectivity index (χ1n) is 6.01. The topological polar surface area (TPSA) is 45.8 Å². The molecule has 0 spiro atoms. The highest BCUT2D eigenvalue weighted by atomic mass is 79.9. The van der Waals surface area contributed by atoms with E-state index in [1.54, 1.807) is 12.1 Å². The minimum absolute atomic E-state index is 0.219. The van der Waals surface area contributed by atoms with E-state index in [0.29, 0.717) is 21.8 Å². The lowest BCUT2D eigenvalue weighted by Crippen LogP contribution is -2.11. The molecule has 0 aliphatic heterocycles. The fourth-order valence-corrected chi connectivity index (χ4v) is 2.06. The lowest BCUT2D eigenvalue weighted by molar-refractivity contribution is 0.621. The van der Waals surface area contributed by atoms with Crippen LogP contribution in [0.15, 0.2) is 33.5 Å². The Labute approximate surface area is 119 Å². The molecule has 0 unspecified atom stereocenters. The molecule has 1 aromatic heterocycles. The van der Waals surface area contributed by atoms with Crippen molar-refractivity contribution in [2.24, 2.45) is 5.92 Å². The van der Waals surface area contributed by atoms with Crippen LogP contribution in [0.4, 0.5) is 4.39 Å². The summed E-state index contributed by atoms with van der Waals surface area (Å²) < 4.78 is 13.9. The number of nitrogens with zero attached hydrogens (tertiary/aromatic N) is 1. The summed E-state index contributed by atoms with van der Waals surface area (Å²) in [6, 6.07) is 6.14. The monoisotopic (exact) mass is 324 g/mol. The molecule has 0 amide bonds. The molecule has 0 saturated heterocycles. The predicted molar refractivity (Wildman–Crippen MR) is 76.5 cm³/mol. The fraction of sp³-hybridized carbons (Fsp3) is 0.286. The Morgan fingerprint density at radius 1 is 1.37 bits per heavy atom. The molecule has 3 nitrogen and oxygen atoms in total. The highest BCUT2D eigenvalue weighted by Gasteiger charge is 2.08. The van der Waals surface area contributed by atoms with Gasteiger partial charge in [-0.1, -0.05) is 13.8 Å². The molecule has 0 radical (unpaired) electrons. The second-order valence-corrected chi connectivity index (χ2v) is 5.67. The highest BCUT2D eigenvalue weighted by molar-refractivity contribution is 9.10. The minimum Gasteiger partial charge on any atom is -0.307 e. The van der Waals surface area contributed by atoms with Gasteiger partial charge in [-0.15, -0.1) is 0 Å². The zero-order valence-electron chi connectivity index (χ0n) is 10.7. The Bertz CT molecular complexity index is 652. The van der Waals surface area contributed by atoms with Gasteiger partial charge in [-0.2, -0.15) is 0 Å². The van der Waals surface area contributed by atoms with Crippen molar-refractivity contribution in [1.29, 1.82) is 0 Å². The van der Waals surface area contributed by atoms with Crippen molar-refractivity contribution in [3.05, 3.63) is 50.6 Å². The van der Waals surface area contributed by atoms with Crippen LogP contribution >= 0.6 is 15.9 Å². The molecule has 2 aromatic rings. The predicted octanol–water partition coefficient (Wildman–Crippen LogP) is 3.54. The van der Waals surface area contributed by atoms with Crippen molar-refractivity contribution in [2.45, 2.75) is 20.3 Å². The van der Waals surface area contributed by atoms with Crippen LogP contribution in [0.25, 0.3) is 11.4 Å². The van der Waals surface area contributed by atoms with E-state index in [9.17, 15) is 9.18 Å². The van der Waals surface area contributed by atoms with E-state index in [0.717, 1.165) is 12.1 Å². The number of nitrogens with one attached hydrogen (secondary N) is 1. The van der Waals surface area contributed by atoms with Gasteiger partial charge in [0.25, 0.3) is 5.56 Å². The average molecular weight is 325 g/mol. The summed E-state index contributed by atoms with van der Waals surface area (Å²) in [6.45, 7) is 4.11. The van der Waals surface area contributed by atoms with Crippen molar-refractivity contribution in [3.63, 3.8) is 0 Å². The maximum Gasteiger partial charge on any atom is 0.251 e. The van der Waals surface area contributed by atoms with E-state index in [-0.39, 0.29) is 11.4 Å². The number of hydrogen-bond acceptors (Lipinski definition) is 2. The molecule has 19 heavy (non-hydrogen) atoms. The van der Waals surface area contributed by atoms with Gasteiger partial charge in [-0.25, -0.2) is 9.37 Å². The van der Waals surface area contributed by atoms with Gasteiger partial charge in [-0.05, 0) is 46.5 Å². The fourth-order valence-electron chi connectivity index (χ4n) is 1.81.